The van der Waals surface area contributed by atoms with Crippen molar-refractivity contribution in [2.45, 2.75) is 31.7 Å². The molecule has 17 heavy (non-hydrogen) atoms. The van der Waals surface area contributed by atoms with Crippen molar-refractivity contribution < 1.29 is 14.6 Å². The zero-order valence-corrected chi connectivity index (χ0v) is 10.9. The number of hydrogen-bond acceptors (Lipinski definition) is 3. The van der Waals surface area contributed by atoms with Gasteiger partial charge in [-0.05, 0) is 41.7 Å². The quantitative estimate of drug-likeness (QED) is 0.736. The van der Waals surface area contributed by atoms with Gasteiger partial charge in [0.25, 0.3) is 0 Å². The Bertz CT molecular complexity index is 393. The summed E-state index contributed by atoms with van der Waals surface area (Å²) in [5.41, 5.74) is 0.177. The van der Waals surface area contributed by atoms with E-state index in [1.54, 1.807) is 0 Å². The second-order valence-electron chi connectivity index (χ2n) is 4.37. The third kappa shape index (κ3) is 2.72. The van der Waals surface area contributed by atoms with Crippen LogP contribution in [0.15, 0.2) is 10.5 Å². The molecule has 1 aliphatic heterocycles. The Morgan fingerprint density at radius 2 is 2.18 bits per heavy atom. The minimum atomic E-state index is -0.493. The highest BCUT2D eigenvalue weighted by molar-refractivity contribution is 9.10. The van der Waals surface area contributed by atoms with E-state index in [2.05, 4.69) is 21.2 Å². The molecular weight excluding hydrogens is 289 g/mol. The molecule has 1 atom stereocenters. The van der Waals surface area contributed by atoms with E-state index in [1.807, 2.05) is 0 Å². The Morgan fingerprint density at radius 1 is 1.41 bits per heavy atom. The topological polar surface area (TPSA) is 52.5 Å². The van der Waals surface area contributed by atoms with Crippen LogP contribution in [0.1, 0.15) is 24.8 Å². The van der Waals surface area contributed by atoms with E-state index in [9.17, 15) is 14.6 Å². The third-order valence-electron chi connectivity index (χ3n) is 3.13. The number of halogens is 2. The van der Waals surface area contributed by atoms with Crippen LogP contribution >= 0.6 is 15.9 Å². The molecule has 1 saturated heterocycles. The second kappa shape index (κ2) is 5.23. The summed E-state index contributed by atoms with van der Waals surface area (Å²) >= 11 is 3.03. The first-order chi connectivity index (χ1) is 8.09. The summed E-state index contributed by atoms with van der Waals surface area (Å²) in [6.45, 7) is 0.924. The molecule has 1 heterocycles. The van der Waals surface area contributed by atoms with Crippen LogP contribution in [-0.4, -0.2) is 22.8 Å². The molecule has 1 fully saturated rings. The van der Waals surface area contributed by atoms with Gasteiger partial charge in [-0.2, -0.15) is 0 Å². The van der Waals surface area contributed by atoms with Gasteiger partial charge in [0, 0.05) is 17.7 Å². The second-order valence-corrected chi connectivity index (χ2v) is 5.22. The standard InChI is InChI=1S/C12H15BrFNO2/c13-9-6-10(16)12(17)8(11(9)14)5-7-3-1-2-4-15-7/h6-7,15-17H,1-5H2. The van der Waals surface area contributed by atoms with Gasteiger partial charge < -0.3 is 15.5 Å². The summed E-state index contributed by atoms with van der Waals surface area (Å²) < 4.78 is 14.0. The van der Waals surface area contributed by atoms with E-state index in [4.69, 9.17) is 0 Å². The molecule has 5 heteroatoms. The fraction of sp³-hybridized carbons (Fsp3) is 0.500. The lowest BCUT2D eigenvalue weighted by atomic mass is 9.97. The van der Waals surface area contributed by atoms with E-state index < -0.39 is 5.82 Å². The van der Waals surface area contributed by atoms with Crippen molar-refractivity contribution in [3.05, 3.63) is 21.9 Å². The maximum absolute atomic E-state index is 13.9. The highest BCUT2D eigenvalue weighted by Gasteiger charge is 2.21. The molecule has 0 saturated carbocycles. The minimum absolute atomic E-state index is 0.165. The van der Waals surface area contributed by atoms with E-state index in [0.717, 1.165) is 25.8 Å². The van der Waals surface area contributed by atoms with E-state index in [-0.39, 0.29) is 27.6 Å². The number of rotatable bonds is 2. The van der Waals surface area contributed by atoms with Gasteiger partial charge in [-0.1, -0.05) is 6.42 Å². The number of benzene rings is 1. The normalized spacial score (nSPS) is 20.5. The summed E-state index contributed by atoms with van der Waals surface area (Å²) in [4.78, 5) is 0. The van der Waals surface area contributed by atoms with Crippen molar-refractivity contribution in [2.75, 3.05) is 6.54 Å². The van der Waals surface area contributed by atoms with Gasteiger partial charge in [-0.15, -0.1) is 0 Å². The number of hydrogen-bond donors (Lipinski definition) is 3. The van der Waals surface area contributed by atoms with Gasteiger partial charge in [-0.25, -0.2) is 4.39 Å². The van der Waals surface area contributed by atoms with E-state index in [1.165, 1.54) is 6.07 Å². The molecule has 1 aromatic carbocycles. The summed E-state index contributed by atoms with van der Waals surface area (Å²) in [5, 5.41) is 22.4. The van der Waals surface area contributed by atoms with Gasteiger partial charge in [-0.3, -0.25) is 0 Å². The Hall–Kier alpha value is -0.810. The predicted molar refractivity (Wildman–Crippen MR) is 66.8 cm³/mol. The van der Waals surface area contributed by atoms with Crippen LogP contribution in [-0.2, 0) is 6.42 Å². The largest absolute Gasteiger partial charge is 0.504 e. The van der Waals surface area contributed by atoms with Crippen molar-refractivity contribution in [1.29, 1.82) is 0 Å². The molecule has 0 radical (unpaired) electrons. The lowest BCUT2D eigenvalue weighted by Crippen LogP contribution is -2.35. The molecule has 94 valence electrons. The van der Waals surface area contributed by atoms with Gasteiger partial charge >= 0.3 is 0 Å². The van der Waals surface area contributed by atoms with Crippen molar-refractivity contribution in [3.63, 3.8) is 0 Å². The monoisotopic (exact) mass is 303 g/mol. The number of aromatic hydroxyl groups is 2. The van der Waals surface area contributed by atoms with Gasteiger partial charge in [0.1, 0.15) is 5.82 Å². The molecule has 1 unspecified atom stereocenters. The number of phenols is 2. The fourth-order valence-corrected chi connectivity index (χ4v) is 2.64. The fourth-order valence-electron chi connectivity index (χ4n) is 2.19. The zero-order valence-electron chi connectivity index (χ0n) is 9.34. The lowest BCUT2D eigenvalue weighted by molar-refractivity contribution is 0.370. The van der Waals surface area contributed by atoms with Crippen LogP contribution in [0.2, 0.25) is 0 Å². The smallest absolute Gasteiger partial charge is 0.163 e. The maximum atomic E-state index is 13.9. The molecule has 3 nitrogen and oxygen atoms in total. The van der Waals surface area contributed by atoms with Crippen LogP contribution < -0.4 is 5.32 Å². The first kappa shape index (κ1) is 12.6. The molecule has 0 spiro atoms. The first-order valence-electron chi connectivity index (χ1n) is 5.71. The van der Waals surface area contributed by atoms with Crippen molar-refractivity contribution in [2.24, 2.45) is 0 Å². The molecule has 3 N–H and O–H groups in total. The summed E-state index contributed by atoms with van der Waals surface area (Å²) in [7, 11) is 0. The average molecular weight is 304 g/mol. The lowest BCUT2D eigenvalue weighted by Gasteiger charge is -2.24. The molecule has 2 rings (SSSR count). The highest BCUT2D eigenvalue weighted by Crippen LogP contribution is 2.36. The van der Waals surface area contributed by atoms with Crippen molar-refractivity contribution in [1.82, 2.24) is 5.32 Å². The van der Waals surface area contributed by atoms with Crippen LogP contribution in [0.3, 0.4) is 0 Å². The SMILES string of the molecule is Oc1cc(Br)c(F)c(CC2CCCCN2)c1O. The van der Waals surface area contributed by atoms with Crippen LogP contribution in [0.4, 0.5) is 4.39 Å². The molecule has 1 aromatic rings. The Balaban J connectivity index is 2.24. The number of piperidine rings is 1. The van der Waals surface area contributed by atoms with E-state index in [0.29, 0.717) is 6.42 Å². The highest BCUT2D eigenvalue weighted by atomic mass is 79.9. The average Bonchev–Trinajstić information content (AvgIpc) is 2.33. The molecular formula is C12H15BrFNO2. The van der Waals surface area contributed by atoms with Gasteiger partial charge in [0.15, 0.2) is 11.5 Å². The van der Waals surface area contributed by atoms with Crippen LogP contribution in [0.25, 0.3) is 0 Å². The minimum Gasteiger partial charge on any atom is -0.504 e. The predicted octanol–water partition coefficient (Wildman–Crippen LogP) is 2.68. The van der Waals surface area contributed by atoms with E-state index >= 15 is 0 Å². The molecule has 0 bridgehead atoms. The molecule has 0 aromatic heterocycles. The van der Waals surface area contributed by atoms with Crippen molar-refractivity contribution in [3.8, 4) is 11.5 Å². The summed E-state index contributed by atoms with van der Waals surface area (Å²) in [5.74, 6) is -1.13. The number of phenolic OH excluding ortho intramolecular Hbond substituents is 2. The molecule has 0 aliphatic carbocycles. The molecule has 1 aliphatic rings. The summed E-state index contributed by atoms with van der Waals surface area (Å²) in [6.07, 6.45) is 3.60. The zero-order chi connectivity index (χ0) is 12.4. The number of nitrogens with one attached hydrogen (secondary N) is 1. The Morgan fingerprint density at radius 3 is 2.82 bits per heavy atom. The van der Waals surface area contributed by atoms with Gasteiger partial charge in [0.2, 0.25) is 0 Å². The molecule has 0 amide bonds. The van der Waals surface area contributed by atoms with Crippen LogP contribution in [0, 0.1) is 5.82 Å². The Kier molecular flexibility index (Phi) is 3.89. The Labute approximate surface area is 108 Å². The first-order valence-corrected chi connectivity index (χ1v) is 6.51. The third-order valence-corrected chi connectivity index (χ3v) is 3.71. The maximum Gasteiger partial charge on any atom is 0.163 e. The van der Waals surface area contributed by atoms with Gasteiger partial charge in [0.05, 0.1) is 4.47 Å². The van der Waals surface area contributed by atoms with Crippen LogP contribution in [0.5, 0.6) is 11.5 Å². The summed E-state index contributed by atoms with van der Waals surface area (Å²) in [6, 6.07) is 1.33. The van der Waals surface area contributed by atoms with Crippen molar-refractivity contribution >= 4 is 15.9 Å².